The summed E-state index contributed by atoms with van der Waals surface area (Å²) >= 11 is 0. The average molecular weight is 204 g/mol. The van der Waals surface area contributed by atoms with E-state index in [2.05, 4.69) is 11.9 Å². The Hall–Kier alpha value is -1.56. The van der Waals surface area contributed by atoms with Gasteiger partial charge in [0.25, 0.3) is 5.56 Å². The maximum absolute atomic E-state index is 11.6. The zero-order chi connectivity index (χ0) is 11.3. The summed E-state index contributed by atoms with van der Waals surface area (Å²) in [5.41, 5.74) is 1.85. The van der Waals surface area contributed by atoms with Crippen molar-refractivity contribution in [3.8, 4) is 6.07 Å². The molecule has 80 valence electrons. The van der Waals surface area contributed by atoms with Crippen LogP contribution in [0.2, 0.25) is 0 Å². The summed E-state index contributed by atoms with van der Waals surface area (Å²) in [5.74, 6) is 0. The molecule has 0 bridgehead atoms. The third-order valence-electron chi connectivity index (χ3n) is 2.32. The van der Waals surface area contributed by atoms with Crippen LogP contribution in [0.5, 0.6) is 0 Å². The highest BCUT2D eigenvalue weighted by atomic mass is 16.1. The zero-order valence-electron chi connectivity index (χ0n) is 9.26. The Bertz CT molecular complexity index is 426. The van der Waals surface area contributed by atoms with E-state index in [1.54, 1.807) is 0 Å². The Balaban J connectivity index is 3.21. The molecule has 0 aliphatic heterocycles. The largest absolute Gasteiger partial charge is 0.325 e. The van der Waals surface area contributed by atoms with E-state index in [0.717, 1.165) is 36.9 Å². The lowest BCUT2D eigenvalue weighted by atomic mass is 10.0. The Labute approximate surface area is 89.8 Å². The third kappa shape index (κ3) is 2.69. The number of aromatic amines is 1. The molecule has 0 saturated heterocycles. The number of H-pyrrole nitrogens is 1. The van der Waals surface area contributed by atoms with Gasteiger partial charge in [-0.05, 0) is 24.5 Å². The molecule has 0 saturated carbocycles. The molecule has 0 fully saturated rings. The highest BCUT2D eigenvalue weighted by molar-refractivity contribution is 5.36. The van der Waals surface area contributed by atoms with Gasteiger partial charge >= 0.3 is 0 Å². The van der Waals surface area contributed by atoms with Crippen LogP contribution in [-0.4, -0.2) is 4.98 Å². The van der Waals surface area contributed by atoms with E-state index >= 15 is 0 Å². The van der Waals surface area contributed by atoms with Gasteiger partial charge in [0.05, 0.1) is 0 Å². The summed E-state index contributed by atoms with van der Waals surface area (Å²) in [4.78, 5) is 14.3. The maximum atomic E-state index is 11.6. The van der Waals surface area contributed by atoms with Crippen molar-refractivity contribution in [3.05, 3.63) is 33.2 Å². The molecule has 1 N–H and O–H groups in total. The summed E-state index contributed by atoms with van der Waals surface area (Å²) in [5, 5.41) is 8.88. The number of pyridine rings is 1. The topological polar surface area (TPSA) is 56.6 Å². The first kappa shape index (κ1) is 11.5. The first-order valence-electron chi connectivity index (χ1n) is 5.38. The van der Waals surface area contributed by atoms with Crippen LogP contribution < -0.4 is 5.56 Å². The van der Waals surface area contributed by atoms with Gasteiger partial charge in [-0.25, -0.2) is 0 Å². The highest BCUT2D eigenvalue weighted by Crippen LogP contribution is 2.09. The van der Waals surface area contributed by atoms with Gasteiger partial charge in [0.15, 0.2) is 0 Å². The predicted molar refractivity (Wildman–Crippen MR) is 59.8 cm³/mol. The molecule has 0 aromatic carbocycles. The second-order valence-electron chi connectivity index (χ2n) is 3.64. The lowest BCUT2D eigenvalue weighted by molar-refractivity contribution is 0.851. The normalized spacial score (nSPS) is 9.93. The SMILES string of the molecule is CCCc1cc(CCC)c(C#N)c(=O)[nH]1. The Morgan fingerprint density at radius 3 is 2.53 bits per heavy atom. The van der Waals surface area contributed by atoms with Gasteiger partial charge in [0.2, 0.25) is 0 Å². The number of hydrogen-bond acceptors (Lipinski definition) is 2. The van der Waals surface area contributed by atoms with Crippen molar-refractivity contribution in [1.29, 1.82) is 5.26 Å². The number of nitriles is 1. The first-order valence-corrected chi connectivity index (χ1v) is 5.38. The molecule has 1 rings (SSSR count). The molecule has 0 radical (unpaired) electrons. The molecule has 0 aliphatic carbocycles. The minimum atomic E-state index is -0.244. The van der Waals surface area contributed by atoms with Crippen molar-refractivity contribution in [2.24, 2.45) is 0 Å². The van der Waals surface area contributed by atoms with E-state index < -0.39 is 0 Å². The van der Waals surface area contributed by atoms with Gasteiger partial charge in [0.1, 0.15) is 11.6 Å². The molecule has 1 aromatic heterocycles. The van der Waals surface area contributed by atoms with E-state index in [0.29, 0.717) is 0 Å². The summed E-state index contributed by atoms with van der Waals surface area (Å²) in [6.45, 7) is 4.11. The second kappa shape index (κ2) is 5.35. The second-order valence-corrected chi connectivity index (χ2v) is 3.64. The molecule has 3 heteroatoms. The van der Waals surface area contributed by atoms with Gasteiger partial charge < -0.3 is 4.98 Å². The molecule has 1 aromatic rings. The van der Waals surface area contributed by atoms with Crippen LogP contribution in [0.4, 0.5) is 0 Å². The van der Waals surface area contributed by atoms with Crippen LogP contribution in [0.1, 0.15) is 43.5 Å². The molecule has 1 heterocycles. The standard InChI is InChI=1S/C12H16N2O/c1-3-5-9-7-10(6-4-2)14-12(15)11(9)8-13/h7H,3-6H2,1-2H3,(H,14,15). The van der Waals surface area contributed by atoms with Crippen molar-refractivity contribution in [1.82, 2.24) is 4.98 Å². The fourth-order valence-corrected chi connectivity index (χ4v) is 1.67. The molecule has 0 unspecified atom stereocenters. The molecule has 0 aliphatic rings. The van der Waals surface area contributed by atoms with Gasteiger partial charge in [-0.2, -0.15) is 5.26 Å². The first-order chi connectivity index (χ1) is 7.22. The van der Waals surface area contributed by atoms with Crippen LogP contribution in [0.3, 0.4) is 0 Å². The quantitative estimate of drug-likeness (QED) is 0.817. The lowest BCUT2D eigenvalue weighted by Crippen LogP contribution is -2.15. The number of aromatic nitrogens is 1. The van der Waals surface area contributed by atoms with E-state index in [9.17, 15) is 4.79 Å². The lowest BCUT2D eigenvalue weighted by Gasteiger charge is -2.05. The number of aryl methyl sites for hydroxylation is 2. The molecular weight excluding hydrogens is 188 g/mol. The molecular formula is C12H16N2O. The minimum Gasteiger partial charge on any atom is -0.325 e. The van der Waals surface area contributed by atoms with Crippen LogP contribution in [0.15, 0.2) is 10.9 Å². The van der Waals surface area contributed by atoms with E-state index in [1.165, 1.54) is 0 Å². The molecule has 0 spiro atoms. The summed E-state index contributed by atoms with van der Waals surface area (Å²) < 4.78 is 0. The monoisotopic (exact) mass is 204 g/mol. The van der Waals surface area contributed by atoms with Crippen LogP contribution in [0, 0.1) is 11.3 Å². The van der Waals surface area contributed by atoms with Gasteiger partial charge in [-0.3, -0.25) is 4.79 Å². The fraction of sp³-hybridized carbons (Fsp3) is 0.500. The number of nitrogens with zero attached hydrogens (tertiary/aromatic N) is 1. The summed E-state index contributed by atoms with van der Waals surface area (Å²) in [6.07, 6.45) is 3.60. The van der Waals surface area contributed by atoms with E-state index in [1.807, 2.05) is 19.1 Å². The molecule has 3 nitrogen and oxygen atoms in total. The summed E-state index contributed by atoms with van der Waals surface area (Å²) in [6, 6.07) is 3.93. The van der Waals surface area contributed by atoms with Gasteiger partial charge in [-0.1, -0.05) is 26.7 Å². The Morgan fingerprint density at radius 1 is 1.33 bits per heavy atom. The fourth-order valence-electron chi connectivity index (χ4n) is 1.67. The number of hydrogen-bond donors (Lipinski definition) is 1. The Kier molecular flexibility index (Phi) is 4.11. The predicted octanol–water partition coefficient (Wildman–Crippen LogP) is 2.15. The van der Waals surface area contributed by atoms with E-state index in [4.69, 9.17) is 5.26 Å². The van der Waals surface area contributed by atoms with Crippen molar-refractivity contribution in [2.45, 2.75) is 39.5 Å². The zero-order valence-corrected chi connectivity index (χ0v) is 9.26. The van der Waals surface area contributed by atoms with Gasteiger partial charge in [-0.15, -0.1) is 0 Å². The summed E-state index contributed by atoms with van der Waals surface area (Å²) in [7, 11) is 0. The third-order valence-corrected chi connectivity index (χ3v) is 2.32. The Morgan fingerprint density at radius 2 is 2.00 bits per heavy atom. The van der Waals surface area contributed by atoms with Crippen molar-refractivity contribution in [3.63, 3.8) is 0 Å². The van der Waals surface area contributed by atoms with Crippen molar-refractivity contribution >= 4 is 0 Å². The molecule has 0 amide bonds. The minimum absolute atomic E-state index is 0.244. The number of nitrogens with one attached hydrogen (secondary N) is 1. The molecule has 15 heavy (non-hydrogen) atoms. The highest BCUT2D eigenvalue weighted by Gasteiger charge is 2.07. The maximum Gasteiger partial charge on any atom is 0.266 e. The van der Waals surface area contributed by atoms with Crippen LogP contribution >= 0.6 is 0 Å². The van der Waals surface area contributed by atoms with Crippen LogP contribution in [0.25, 0.3) is 0 Å². The molecule has 0 atom stereocenters. The van der Waals surface area contributed by atoms with Crippen molar-refractivity contribution in [2.75, 3.05) is 0 Å². The van der Waals surface area contributed by atoms with E-state index in [-0.39, 0.29) is 11.1 Å². The number of rotatable bonds is 4. The average Bonchev–Trinajstić information content (AvgIpc) is 2.18. The van der Waals surface area contributed by atoms with Gasteiger partial charge in [0, 0.05) is 5.69 Å². The van der Waals surface area contributed by atoms with Crippen LogP contribution in [-0.2, 0) is 12.8 Å². The smallest absolute Gasteiger partial charge is 0.266 e. The van der Waals surface area contributed by atoms with Crippen molar-refractivity contribution < 1.29 is 0 Å².